The van der Waals surface area contributed by atoms with Gasteiger partial charge in [0.15, 0.2) is 23.4 Å². The number of aliphatic hydroxyl groups is 2. The summed E-state index contributed by atoms with van der Waals surface area (Å²) in [4.78, 5) is 67.4. The molecule has 1 unspecified atom stereocenters. The first-order valence-electron chi connectivity index (χ1n) is 27.3. The first-order chi connectivity index (χ1) is 36.6. The molecule has 4 saturated heterocycles. The molecule has 1 aromatic carbocycles. The van der Waals surface area contributed by atoms with Crippen molar-refractivity contribution in [3.05, 3.63) is 46.2 Å². The van der Waals surface area contributed by atoms with Gasteiger partial charge in [-0.1, -0.05) is 50.9 Å². The number of amides is 2. The fraction of sp³-hybridized carbons (Fsp3) is 0.732. The minimum atomic E-state index is -1.46. The number of Topliss-reactive ketones (excluding diaryl/α,β-unsaturated/α-hetero) is 1. The van der Waals surface area contributed by atoms with Crippen molar-refractivity contribution in [2.24, 2.45) is 29.6 Å². The van der Waals surface area contributed by atoms with Crippen LogP contribution in [0, 0.1) is 29.6 Å². The number of carbonyl (C=O) groups is 4. The van der Waals surface area contributed by atoms with E-state index in [0.29, 0.717) is 72.1 Å². The lowest BCUT2D eigenvalue weighted by atomic mass is 9.70. The number of hydrogen-bond acceptors (Lipinski definition) is 17. The highest BCUT2D eigenvalue weighted by Crippen LogP contribution is 2.49. The van der Waals surface area contributed by atoms with Crippen LogP contribution < -0.4 is 14.4 Å². The summed E-state index contributed by atoms with van der Waals surface area (Å²) in [5.41, 5.74) is -1.34. The van der Waals surface area contributed by atoms with Crippen LogP contribution >= 0.6 is 35.0 Å². The predicted octanol–water partition coefficient (Wildman–Crippen LogP) is 8.00. The van der Waals surface area contributed by atoms with Crippen LogP contribution in [0.15, 0.2) is 30.6 Å². The smallest absolute Gasteiger partial charge is 0.320 e. The zero-order valence-electron chi connectivity index (χ0n) is 46.6. The molecule has 5 heterocycles. The number of cyclic esters (lactones) is 1. The molecule has 1 aromatic heterocycles. The Kier molecular flexibility index (Phi) is 20.8. The molecule has 2 amide bonds. The van der Waals surface area contributed by atoms with E-state index in [1.54, 1.807) is 73.0 Å². The molecule has 77 heavy (non-hydrogen) atoms. The van der Waals surface area contributed by atoms with Crippen LogP contribution in [-0.4, -0.2) is 174 Å². The largest absolute Gasteiger partial charge is 0.493 e. The Bertz CT molecular complexity index is 2340. The molecule has 430 valence electrons. The molecule has 5 aliphatic rings. The summed E-state index contributed by atoms with van der Waals surface area (Å²) in [5, 5.41) is 24.2. The SMILES string of the molecule is CC[C@H]1OC(=O)[C@H](C)[C@@H](O)[C@H](C)[C@@H](O[C@@H]2O[C@H](C)C[C@H](N(C)C(=O)N3CCOCC3)[C@H]2O)[C@](C)(OC)C[C@@H](C)C(=O)[C@H](C)[C@H]2C(SCCN(Cc3c(Cl)cncc3Cl)c3ccc(OC)c(OC4CCCC4)c3)C(=O)O[C@@]21C. The molecule has 1 aliphatic carbocycles. The van der Waals surface area contributed by atoms with Crippen molar-refractivity contribution in [3.8, 4) is 11.5 Å². The molecule has 5 fully saturated rings. The van der Waals surface area contributed by atoms with Gasteiger partial charge in [0, 0.05) is 99.5 Å². The van der Waals surface area contributed by atoms with Crippen LogP contribution in [0.4, 0.5) is 10.5 Å². The summed E-state index contributed by atoms with van der Waals surface area (Å²) in [6.45, 7) is 16.4. The van der Waals surface area contributed by atoms with Crippen LogP contribution in [0.3, 0.4) is 0 Å². The van der Waals surface area contributed by atoms with E-state index < -0.39 is 101 Å². The predicted molar refractivity (Wildman–Crippen MR) is 292 cm³/mol. The minimum Gasteiger partial charge on any atom is -0.493 e. The van der Waals surface area contributed by atoms with Gasteiger partial charge < -0.3 is 62.8 Å². The standard InChI is InChI=1S/C56H82Cl2N4O14S/c1-12-44-56(8)45(49(52(67)76-56)77-24-21-62(30-38-39(57)28-59-29-40(38)58)36-17-18-42(69-10)43(26-36)73-37-15-13-14-16-37)33(4)46(63)31(2)27-55(7,70-11)50(34(5)47(64)35(6)51(66)74-44)75-53-48(65)41(25-32(3)72-53)60(9)54(68)61-19-22-71-23-20-61/h17-18,26,28-29,31-35,37,41,44-45,47-50,53,64-65H,12-16,19-25,27,30H2,1-11H3/t31-,32-,33-,34+,35-,41+,44-,45+,47+,48-,49?,50-,53+,55-,56-/m1/s1. The average Bonchev–Trinajstić information content (AvgIpc) is 4.07. The molecule has 0 spiro atoms. The van der Waals surface area contributed by atoms with E-state index in [0.717, 1.165) is 31.4 Å². The second kappa shape index (κ2) is 26.3. The number of aromatic nitrogens is 1. The molecule has 4 aliphatic heterocycles. The first-order valence-corrected chi connectivity index (χ1v) is 29.2. The van der Waals surface area contributed by atoms with Gasteiger partial charge in [0.05, 0.1) is 72.3 Å². The van der Waals surface area contributed by atoms with E-state index >= 15 is 4.79 Å². The number of aliphatic hydroxyl groups excluding tert-OH is 2. The zero-order chi connectivity index (χ0) is 56.1. The van der Waals surface area contributed by atoms with E-state index in [-0.39, 0.29) is 37.3 Å². The van der Waals surface area contributed by atoms with E-state index in [9.17, 15) is 24.6 Å². The van der Waals surface area contributed by atoms with Gasteiger partial charge in [0.1, 0.15) is 23.2 Å². The van der Waals surface area contributed by atoms with Crippen LogP contribution in [0.1, 0.15) is 106 Å². The lowest BCUT2D eigenvalue weighted by Gasteiger charge is -2.48. The number of methoxy groups -OCH3 is 2. The molecule has 21 heteroatoms. The van der Waals surface area contributed by atoms with E-state index in [2.05, 4.69) is 9.88 Å². The number of ketones is 1. The number of fused-ring (bicyclic) bond motifs is 1. The monoisotopic (exact) mass is 1140 g/mol. The third-order valence-corrected chi connectivity index (χ3v) is 18.9. The molecule has 0 radical (unpaired) electrons. The number of morpholine rings is 1. The Balaban J connectivity index is 1.18. The van der Waals surface area contributed by atoms with E-state index in [4.69, 9.17) is 61.1 Å². The maximum absolute atomic E-state index is 15.3. The van der Waals surface area contributed by atoms with Gasteiger partial charge in [-0.3, -0.25) is 19.4 Å². The quantitative estimate of drug-likeness (QED) is 0.162. The highest BCUT2D eigenvalue weighted by Gasteiger charge is 2.62. The van der Waals surface area contributed by atoms with Gasteiger partial charge in [-0.15, -0.1) is 11.8 Å². The Labute approximate surface area is 468 Å². The summed E-state index contributed by atoms with van der Waals surface area (Å²) in [7, 11) is 4.74. The van der Waals surface area contributed by atoms with Gasteiger partial charge in [-0.2, -0.15) is 0 Å². The van der Waals surface area contributed by atoms with Crippen LogP contribution in [0.25, 0.3) is 0 Å². The number of thioether (sulfide) groups is 1. The lowest BCUT2D eigenvalue weighted by molar-refractivity contribution is -0.300. The van der Waals surface area contributed by atoms with Crippen molar-refractivity contribution < 1.29 is 67.3 Å². The second-order valence-electron chi connectivity index (χ2n) is 22.2. The van der Waals surface area contributed by atoms with Crippen molar-refractivity contribution >= 4 is 64.4 Å². The summed E-state index contributed by atoms with van der Waals surface area (Å²) in [6.07, 6.45) is 1.27. The van der Waals surface area contributed by atoms with Crippen LogP contribution in [-0.2, 0) is 49.3 Å². The van der Waals surface area contributed by atoms with Gasteiger partial charge in [0.2, 0.25) is 0 Å². The Hall–Kier alpha value is -3.66. The number of esters is 2. The fourth-order valence-corrected chi connectivity index (χ4v) is 14.4. The highest BCUT2D eigenvalue weighted by molar-refractivity contribution is 8.00. The van der Waals surface area contributed by atoms with Crippen molar-refractivity contribution in [3.63, 3.8) is 0 Å². The number of benzene rings is 1. The molecule has 15 atom stereocenters. The minimum absolute atomic E-state index is 0.0676. The molecule has 0 bridgehead atoms. The van der Waals surface area contributed by atoms with Crippen LogP contribution in [0.5, 0.6) is 11.5 Å². The lowest BCUT2D eigenvalue weighted by Crippen LogP contribution is -2.62. The third kappa shape index (κ3) is 13.4. The van der Waals surface area contributed by atoms with Crippen molar-refractivity contribution in [2.45, 2.75) is 172 Å². The fourth-order valence-electron chi connectivity index (χ4n) is 12.4. The zero-order valence-corrected chi connectivity index (χ0v) is 48.9. The van der Waals surface area contributed by atoms with Crippen molar-refractivity contribution in [1.29, 1.82) is 0 Å². The molecular formula is C56H82Cl2N4O14S. The number of ether oxygens (including phenoxy) is 8. The summed E-state index contributed by atoms with van der Waals surface area (Å²) >= 11 is 14.8. The van der Waals surface area contributed by atoms with Gasteiger partial charge in [-0.05, 0) is 84.8 Å². The average molecular weight is 1140 g/mol. The molecule has 7 rings (SSSR count). The van der Waals surface area contributed by atoms with Gasteiger partial charge in [-0.25, -0.2) is 4.79 Å². The van der Waals surface area contributed by atoms with Crippen molar-refractivity contribution in [1.82, 2.24) is 14.8 Å². The number of hydrogen-bond donors (Lipinski definition) is 2. The summed E-state index contributed by atoms with van der Waals surface area (Å²) < 4.78 is 49.9. The molecule has 2 aromatic rings. The van der Waals surface area contributed by atoms with Gasteiger partial charge >= 0.3 is 18.0 Å². The van der Waals surface area contributed by atoms with E-state index in [1.165, 1.54) is 23.8 Å². The number of halogens is 2. The second-order valence-corrected chi connectivity index (χ2v) is 24.3. The molecule has 18 nitrogen and oxygen atoms in total. The molecule has 1 saturated carbocycles. The number of carbonyl (C=O) groups excluding carboxylic acids is 4. The summed E-state index contributed by atoms with van der Waals surface area (Å²) in [6, 6.07) is 4.79. The molecule has 2 N–H and O–H groups in total. The summed E-state index contributed by atoms with van der Waals surface area (Å²) in [5.74, 6) is -4.22. The maximum Gasteiger partial charge on any atom is 0.320 e. The normalized spacial score (nSPS) is 34.7. The third-order valence-electron chi connectivity index (χ3n) is 17.0. The highest BCUT2D eigenvalue weighted by atomic mass is 35.5. The number of urea groups is 1. The Morgan fingerprint density at radius 1 is 0.948 bits per heavy atom. The maximum atomic E-state index is 15.3. The van der Waals surface area contributed by atoms with Crippen LogP contribution in [0.2, 0.25) is 10.0 Å². The first kappa shape index (κ1) is 61.0. The molecular weight excluding hydrogens is 1060 g/mol. The number of rotatable bonds is 15. The number of likely N-dealkylation sites (N-methyl/N-ethyl adjacent to an activating group) is 1. The Morgan fingerprint density at radius 3 is 2.26 bits per heavy atom. The van der Waals surface area contributed by atoms with E-state index in [1.807, 2.05) is 32.0 Å². The van der Waals surface area contributed by atoms with Crippen molar-refractivity contribution in [2.75, 3.05) is 64.8 Å². The number of anilines is 1. The number of nitrogens with zero attached hydrogens (tertiary/aromatic N) is 4. The topological polar surface area (TPSA) is 205 Å². The Morgan fingerprint density at radius 2 is 1.62 bits per heavy atom. The number of pyridine rings is 1. The van der Waals surface area contributed by atoms with Gasteiger partial charge in [0.25, 0.3) is 0 Å².